The molecule has 2 aromatic carbocycles. The molecule has 0 saturated carbocycles. The van der Waals surface area contributed by atoms with E-state index >= 15 is 0 Å². The van der Waals surface area contributed by atoms with Crippen LogP contribution in [-0.2, 0) is 10.3 Å². The number of ether oxygens (including phenoxy) is 1. The minimum absolute atomic E-state index is 0.0462. The molecule has 1 aliphatic heterocycles. The van der Waals surface area contributed by atoms with Gasteiger partial charge in [-0.2, -0.15) is 0 Å². The molecular formula is C21H21N3O2. The van der Waals surface area contributed by atoms with Crippen molar-refractivity contribution < 1.29 is 9.53 Å². The maximum atomic E-state index is 12.2. The summed E-state index contributed by atoms with van der Waals surface area (Å²) in [5.41, 5.74) is 8.19. The third kappa shape index (κ3) is 3.40. The van der Waals surface area contributed by atoms with Gasteiger partial charge in [-0.25, -0.2) is 4.99 Å². The summed E-state index contributed by atoms with van der Waals surface area (Å²) in [5.74, 6) is 3.36. The number of nitrogens with two attached hydrogens (primary N) is 1. The number of hydrogen-bond donors (Lipinski definition) is 1. The first-order valence-corrected chi connectivity index (χ1v) is 8.32. The van der Waals surface area contributed by atoms with Gasteiger partial charge in [0, 0.05) is 7.05 Å². The summed E-state index contributed by atoms with van der Waals surface area (Å²) >= 11 is 0. The molecule has 0 aliphatic carbocycles. The maximum Gasteiger partial charge on any atom is 0.231 e. The molecule has 0 bridgehead atoms. The monoisotopic (exact) mass is 347 g/mol. The smallest absolute Gasteiger partial charge is 0.231 e. The van der Waals surface area contributed by atoms with Crippen LogP contribution in [0.3, 0.4) is 0 Å². The summed E-state index contributed by atoms with van der Waals surface area (Å²) in [7, 11) is 1.64. The van der Waals surface area contributed by atoms with Crippen LogP contribution in [-0.4, -0.2) is 30.4 Å². The Morgan fingerprint density at radius 1 is 1.27 bits per heavy atom. The van der Waals surface area contributed by atoms with Crippen molar-refractivity contribution in [1.29, 1.82) is 0 Å². The number of guanidine groups is 1. The Kier molecular flexibility index (Phi) is 4.68. The Bertz CT molecular complexity index is 913. The highest BCUT2D eigenvalue weighted by Gasteiger charge is 2.36. The highest BCUT2D eigenvalue weighted by Crippen LogP contribution is 2.35. The molecule has 3 rings (SSSR count). The molecule has 1 heterocycles. The SMILES string of the molecule is C#CCOc1cccc(-c2cccc([C@]3(C)CC(=O)N(C)C(N)=N3)c2)c1. The van der Waals surface area contributed by atoms with E-state index in [1.807, 2.05) is 55.5 Å². The van der Waals surface area contributed by atoms with E-state index in [9.17, 15) is 4.79 Å². The van der Waals surface area contributed by atoms with Crippen LogP contribution < -0.4 is 10.5 Å². The predicted molar refractivity (Wildman–Crippen MR) is 103 cm³/mol. The molecule has 2 aromatic rings. The fourth-order valence-electron chi connectivity index (χ4n) is 3.00. The zero-order chi connectivity index (χ0) is 18.7. The van der Waals surface area contributed by atoms with Crippen LogP contribution in [0.2, 0.25) is 0 Å². The van der Waals surface area contributed by atoms with E-state index in [0.29, 0.717) is 5.75 Å². The first-order valence-electron chi connectivity index (χ1n) is 8.32. The number of carbonyl (C=O) groups is 1. The molecule has 5 heteroatoms. The lowest BCUT2D eigenvalue weighted by Gasteiger charge is -2.33. The largest absolute Gasteiger partial charge is 0.481 e. The lowest BCUT2D eigenvalue weighted by Crippen LogP contribution is -2.47. The summed E-state index contributed by atoms with van der Waals surface area (Å²) in [6, 6.07) is 15.7. The van der Waals surface area contributed by atoms with E-state index in [1.165, 1.54) is 4.90 Å². The summed E-state index contributed by atoms with van der Waals surface area (Å²) in [5, 5.41) is 0. The Balaban J connectivity index is 1.97. The van der Waals surface area contributed by atoms with E-state index in [1.54, 1.807) is 7.05 Å². The molecule has 0 radical (unpaired) electrons. The average Bonchev–Trinajstić information content (AvgIpc) is 2.65. The molecule has 5 nitrogen and oxygen atoms in total. The van der Waals surface area contributed by atoms with E-state index in [2.05, 4.69) is 10.9 Å². The molecule has 1 aliphatic rings. The summed E-state index contributed by atoms with van der Waals surface area (Å²) in [6.07, 6.45) is 5.52. The molecule has 0 unspecified atom stereocenters. The van der Waals surface area contributed by atoms with Crippen molar-refractivity contribution in [3.8, 4) is 29.2 Å². The number of hydrogen-bond acceptors (Lipinski definition) is 4. The van der Waals surface area contributed by atoms with Gasteiger partial charge in [0.25, 0.3) is 0 Å². The number of benzene rings is 2. The van der Waals surface area contributed by atoms with Gasteiger partial charge >= 0.3 is 0 Å². The van der Waals surface area contributed by atoms with E-state index in [0.717, 1.165) is 16.7 Å². The first-order chi connectivity index (χ1) is 12.4. The normalized spacial score (nSPS) is 19.7. The Hall–Kier alpha value is -3.26. The predicted octanol–water partition coefficient (Wildman–Crippen LogP) is 2.76. The third-order valence-electron chi connectivity index (χ3n) is 4.55. The maximum absolute atomic E-state index is 12.2. The number of rotatable bonds is 4. The fraction of sp³-hybridized carbons (Fsp3) is 0.238. The Labute approximate surface area is 153 Å². The molecule has 1 atom stereocenters. The molecule has 0 saturated heterocycles. The third-order valence-corrected chi connectivity index (χ3v) is 4.55. The van der Waals surface area contributed by atoms with Gasteiger partial charge in [0.1, 0.15) is 12.4 Å². The molecule has 0 fully saturated rings. The Morgan fingerprint density at radius 3 is 2.65 bits per heavy atom. The zero-order valence-electron chi connectivity index (χ0n) is 14.9. The van der Waals surface area contributed by atoms with Crippen LogP contribution in [0.1, 0.15) is 18.9 Å². The molecular weight excluding hydrogens is 326 g/mol. The second kappa shape index (κ2) is 6.93. The van der Waals surface area contributed by atoms with Gasteiger partial charge in [0.2, 0.25) is 5.91 Å². The van der Waals surface area contributed by atoms with E-state index < -0.39 is 5.54 Å². The van der Waals surface area contributed by atoms with Crippen LogP contribution in [0.15, 0.2) is 53.5 Å². The second-order valence-corrected chi connectivity index (χ2v) is 6.47. The lowest BCUT2D eigenvalue weighted by atomic mass is 9.86. The number of carbonyl (C=O) groups excluding carboxylic acids is 1. The van der Waals surface area contributed by atoms with Gasteiger partial charge in [-0.3, -0.25) is 9.69 Å². The zero-order valence-corrected chi connectivity index (χ0v) is 14.9. The van der Waals surface area contributed by atoms with Crippen molar-refractivity contribution in [1.82, 2.24) is 4.90 Å². The fourth-order valence-corrected chi connectivity index (χ4v) is 3.00. The molecule has 0 spiro atoms. The number of terminal acetylenes is 1. The number of nitrogens with zero attached hydrogens (tertiary/aromatic N) is 2. The number of amides is 1. The molecule has 26 heavy (non-hydrogen) atoms. The summed E-state index contributed by atoms with van der Waals surface area (Å²) in [6.45, 7) is 2.15. The van der Waals surface area contributed by atoms with Crippen molar-refractivity contribution in [2.75, 3.05) is 13.7 Å². The van der Waals surface area contributed by atoms with E-state index in [4.69, 9.17) is 16.9 Å². The first kappa shape index (κ1) is 17.6. The Morgan fingerprint density at radius 2 is 1.96 bits per heavy atom. The van der Waals surface area contributed by atoms with E-state index in [-0.39, 0.29) is 24.9 Å². The van der Waals surface area contributed by atoms with Gasteiger partial charge in [0.05, 0.1) is 12.0 Å². The molecule has 2 N–H and O–H groups in total. The second-order valence-electron chi connectivity index (χ2n) is 6.47. The van der Waals surface area contributed by atoms with Gasteiger partial charge in [0.15, 0.2) is 5.96 Å². The van der Waals surface area contributed by atoms with Crippen LogP contribution in [0.5, 0.6) is 5.75 Å². The van der Waals surface area contributed by atoms with Crippen molar-refractivity contribution in [2.24, 2.45) is 10.7 Å². The standard InChI is InChI=1S/C21H21N3O2/c1-4-11-26-18-10-6-8-16(13-18)15-7-5-9-17(12-15)21(2)14-19(25)24(3)20(22)23-21/h1,5-10,12-13H,11,14H2,2-3H3,(H2,22,23)/t21-/m0/s1. The van der Waals surface area contributed by atoms with Crippen LogP contribution >= 0.6 is 0 Å². The van der Waals surface area contributed by atoms with Crippen molar-refractivity contribution in [3.05, 3.63) is 54.1 Å². The number of aliphatic imine (C=N–C) groups is 1. The van der Waals surface area contributed by atoms with Gasteiger partial charge < -0.3 is 10.5 Å². The molecule has 0 aromatic heterocycles. The minimum Gasteiger partial charge on any atom is -0.481 e. The lowest BCUT2D eigenvalue weighted by molar-refractivity contribution is -0.128. The van der Waals surface area contributed by atoms with Crippen LogP contribution in [0, 0.1) is 12.3 Å². The quantitative estimate of drug-likeness (QED) is 0.865. The van der Waals surface area contributed by atoms with Gasteiger partial charge in [-0.15, -0.1) is 6.42 Å². The molecule has 132 valence electrons. The van der Waals surface area contributed by atoms with Crippen molar-refractivity contribution in [3.63, 3.8) is 0 Å². The van der Waals surface area contributed by atoms with Crippen molar-refractivity contribution in [2.45, 2.75) is 18.9 Å². The highest BCUT2D eigenvalue weighted by atomic mass is 16.5. The topological polar surface area (TPSA) is 67.9 Å². The summed E-state index contributed by atoms with van der Waals surface area (Å²) < 4.78 is 5.50. The summed E-state index contributed by atoms with van der Waals surface area (Å²) in [4.78, 5) is 18.2. The van der Waals surface area contributed by atoms with Crippen LogP contribution in [0.4, 0.5) is 0 Å². The van der Waals surface area contributed by atoms with Gasteiger partial charge in [-0.1, -0.05) is 36.3 Å². The highest BCUT2D eigenvalue weighted by molar-refractivity contribution is 5.98. The van der Waals surface area contributed by atoms with Gasteiger partial charge in [-0.05, 0) is 41.8 Å². The minimum atomic E-state index is -0.679. The van der Waals surface area contributed by atoms with Crippen LogP contribution in [0.25, 0.3) is 11.1 Å². The average molecular weight is 347 g/mol. The molecule has 1 amide bonds. The van der Waals surface area contributed by atoms with Crippen molar-refractivity contribution >= 4 is 11.9 Å².